The van der Waals surface area contributed by atoms with Crippen LogP contribution in [0.3, 0.4) is 0 Å². The molecule has 0 aromatic heterocycles. The Morgan fingerprint density at radius 1 is 1.30 bits per heavy atom. The van der Waals surface area contributed by atoms with Crippen LogP contribution in [0.25, 0.3) is 0 Å². The van der Waals surface area contributed by atoms with Crippen LogP contribution in [0, 0.1) is 10.1 Å². The number of nitrogens with zero attached hydrogens (tertiary/aromatic N) is 2. The zero-order valence-electron chi connectivity index (χ0n) is 12.9. The van der Waals surface area contributed by atoms with Crippen LogP contribution in [0.5, 0.6) is 11.5 Å². The van der Waals surface area contributed by atoms with E-state index in [4.69, 9.17) is 4.74 Å². The van der Waals surface area contributed by atoms with Crippen molar-refractivity contribution in [2.24, 2.45) is 0 Å². The van der Waals surface area contributed by atoms with Gasteiger partial charge in [-0.15, -0.1) is 0 Å². The van der Waals surface area contributed by atoms with E-state index in [-0.39, 0.29) is 16.4 Å². The molecule has 120 valence electrons. The van der Waals surface area contributed by atoms with Crippen LogP contribution in [0.4, 0.5) is 5.69 Å². The summed E-state index contributed by atoms with van der Waals surface area (Å²) in [5, 5.41) is 20.7. The van der Waals surface area contributed by atoms with Gasteiger partial charge >= 0.3 is 0 Å². The van der Waals surface area contributed by atoms with E-state index in [0.717, 1.165) is 36.2 Å². The van der Waals surface area contributed by atoms with E-state index >= 15 is 0 Å². The maximum atomic E-state index is 10.9. The number of rotatable bonds is 4. The fourth-order valence-electron chi connectivity index (χ4n) is 2.96. The zero-order valence-corrected chi connectivity index (χ0v) is 12.9. The molecule has 2 aromatic carbocycles. The number of methoxy groups -OCH3 is 1. The number of phenols is 1. The predicted octanol–water partition coefficient (Wildman–Crippen LogP) is 2.87. The fraction of sp³-hybridized carbons (Fsp3) is 0.294. The van der Waals surface area contributed by atoms with Gasteiger partial charge < -0.3 is 9.84 Å². The van der Waals surface area contributed by atoms with E-state index in [1.54, 1.807) is 18.2 Å². The number of nitro groups is 1. The SMILES string of the molecule is COc1cc2c(cc1O)CCN(Cc1cccc([N+](=O)[O-])c1)C2. The summed E-state index contributed by atoms with van der Waals surface area (Å²) in [4.78, 5) is 12.7. The van der Waals surface area contributed by atoms with Crippen molar-refractivity contribution in [2.75, 3.05) is 13.7 Å². The summed E-state index contributed by atoms with van der Waals surface area (Å²) in [6.45, 7) is 2.24. The van der Waals surface area contributed by atoms with Gasteiger partial charge in [0.05, 0.1) is 12.0 Å². The molecule has 6 heteroatoms. The number of nitro benzene ring substituents is 1. The number of phenolic OH excluding ortho intramolecular Hbond substituents is 1. The fourth-order valence-corrected chi connectivity index (χ4v) is 2.96. The van der Waals surface area contributed by atoms with Crippen molar-refractivity contribution in [3.8, 4) is 11.5 Å². The third-order valence-electron chi connectivity index (χ3n) is 4.12. The normalized spacial score (nSPS) is 14.3. The molecule has 0 saturated heterocycles. The molecule has 0 radical (unpaired) electrons. The Hall–Kier alpha value is -2.60. The summed E-state index contributed by atoms with van der Waals surface area (Å²) in [6.07, 6.45) is 0.835. The van der Waals surface area contributed by atoms with Crippen molar-refractivity contribution in [2.45, 2.75) is 19.5 Å². The van der Waals surface area contributed by atoms with Crippen molar-refractivity contribution >= 4 is 5.69 Å². The number of benzene rings is 2. The third kappa shape index (κ3) is 3.27. The maximum Gasteiger partial charge on any atom is 0.269 e. The number of hydrogen-bond donors (Lipinski definition) is 1. The average Bonchev–Trinajstić information content (AvgIpc) is 2.54. The van der Waals surface area contributed by atoms with E-state index in [1.165, 1.54) is 13.2 Å². The topological polar surface area (TPSA) is 75.8 Å². The van der Waals surface area contributed by atoms with Gasteiger partial charge in [-0.05, 0) is 35.2 Å². The lowest BCUT2D eigenvalue weighted by atomic mass is 9.98. The first-order valence-electron chi connectivity index (χ1n) is 7.41. The highest BCUT2D eigenvalue weighted by Crippen LogP contribution is 2.32. The quantitative estimate of drug-likeness (QED) is 0.693. The molecule has 0 unspecified atom stereocenters. The first-order chi connectivity index (χ1) is 11.1. The van der Waals surface area contributed by atoms with Crippen LogP contribution in [-0.2, 0) is 19.5 Å². The first kappa shape index (κ1) is 15.3. The summed E-state index contributed by atoms with van der Waals surface area (Å²) in [7, 11) is 1.53. The van der Waals surface area contributed by atoms with Crippen LogP contribution in [0.15, 0.2) is 36.4 Å². The minimum absolute atomic E-state index is 0.117. The van der Waals surface area contributed by atoms with E-state index < -0.39 is 0 Å². The molecule has 23 heavy (non-hydrogen) atoms. The Kier molecular flexibility index (Phi) is 4.16. The average molecular weight is 314 g/mol. The second-order valence-electron chi connectivity index (χ2n) is 5.68. The molecule has 1 N–H and O–H groups in total. The molecule has 0 amide bonds. The molecule has 0 bridgehead atoms. The number of fused-ring (bicyclic) bond motifs is 1. The minimum Gasteiger partial charge on any atom is -0.504 e. The lowest BCUT2D eigenvalue weighted by Crippen LogP contribution is -2.30. The molecule has 0 atom stereocenters. The van der Waals surface area contributed by atoms with Gasteiger partial charge in [0, 0.05) is 31.8 Å². The van der Waals surface area contributed by atoms with Crippen molar-refractivity contribution in [3.63, 3.8) is 0 Å². The first-order valence-corrected chi connectivity index (χ1v) is 7.41. The van der Waals surface area contributed by atoms with Gasteiger partial charge in [-0.2, -0.15) is 0 Å². The van der Waals surface area contributed by atoms with Crippen LogP contribution < -0.4 is 4.74 Å². The highest BCUT2D eigenvalue weighted by molar-refractivity contribution is 5.47. The highest BCUT2D eigenvalue weighted by Gasteiger charge is 2.19. The van der Waals surface area contributed by atoms with Crippen molar-refractivity contribution < 1.29 is 14.8 Å². The maximum absolute atomic E-state index is 10.9. The predicted molar refractivity (Wildman–Crippen MR) is 85.6 cm³/mol. The second kappa shape index (κ2) is 6.26. The molecule has 3 rings (SSSR count). The Bertz CT molecular complexity index is 745. The molecule has 0 spiro atoms. The van der Waals surface area contributed by atoms with Gasteiger partial charge in [-0.1, -0.05) is 12.1 Å². The molecule has 1 aliphatic rings. The third-order valence-corrected chi connectivity index (χ3v) is 4.12. The Morgan fingerprint density at radius 2 is 2.13 bits per heavy atom. The van der Waals surface area contributed by atoms with Crippen molar-refractivity contribution in [3.05, 3.63) is 63.2 Å². The lowest BCUT2D eigenvalue weighted by Gasteiger charge is -2.29. The standard InChI is InChI=1S/C17H18N2O4/c1-23-17-9-14-11-18(6-5-13(14)8-16(17)20)10-12-3-2-4-15(7-12)19(21)22/h2-4,7-9,20H,5-6,10-11H2,1H3. The molecule has 0 aliphatic carbocycles. The van der Waals surface area contributed by atoms with Crippen LogP contribution in [-0.4, -0.2) is 28.6 Å². The summed E-state index contributed by atoms with van der Waals surface area (Å²) >= 11 is 0. The summed E-state index contributed by atoms with van der Waals surface area (Å²) in [5.41, 5.74) is 3.29. The molecule has 1 heterocycles. The van der Waals surface area contributed by atoms with E-state index in [2.05, 4.69) is 4.90 Å². The van der Waals surface area contributed by atoms with Crippen LogP contribution in [0.2, 0.25) is 0 Å². The number of hydrogen-bond acceptors (Lipinski definition) is 5. The molecule has 6 nitrogen and oxygen atoms in total. The van der Waals surface area contributed by atoms with Crippen LogP contribution in [0.1, 0.15) is 16.7 Å². The molecular formula is C17H18N2O4. The highest BCUT2D eigenvalue weighted by atomic mass is 16.6. The number of ether oxygens (including phenoxy) is 1. The summed E-state index contributed by atoms with van der Waals surface area (Å²) in [6, 6.07) is 10.4. The van der Waals surface area contributed by atoms with Gasteiger partial charge in [-0.3, -0.25) is 15.0 Å². The number of non-ortho nitro benzene ring substituents is 1. The van der Waals surface area contributed by atoms with Gasteiger partial charge in [0.25, 0.3) is 5.69 Å². The Balaban J connectivity index is 1.77. The molecule has 2 aromatic rings. The molecule has 0 saturated carbocycles. The molecule has 1 aliphatic heterocycles. The van der Waals surface area contributed by atoms with Gasteiger partial charge in [-0.25, -0.2) is 0 Å². The lowest BCUT2D eigenvalue weighted by molar-refractivity contribution is -0.384. The van der Waals surface area contributed by atoms with Crippen molar-refractivity contribution in [1.29, 1.82) is 0 Å². The Morgan fingerprint density at radius 3 is 2.87 bits per heavy atom. The van der Waals surface area contributed by atoms with E-state index in [0.29, 0.717) is 12.3 Å². The van der Waals surface area contributed by atoms with Gasteiger partial charge in [0.2, 0.25) is 0 Å². The second-order valence-corrected chi connectivity index (χ2v) is 5.68. The van der Waals surface area contributed by atoms with Crippen LogP contribution >= 0.6 is 0 Å². The van der Waals surface area contributed by atoms with Gasteiger partial charge in [0.1, 0.15) is 0 Å². The monoisotopic (exact) mass is 314 g/mol. The Labute approximate surface area is 134 Å². The summed E-state index contributed by atoms with van der Waals surface area (Å²) in [5.74, 6) is 0.638. The van der Waals surface area contributed by atoms with E-state index in [9.17, 15) is 15.2 Å². The molecular weight excluding hydrogens is 296 g/mol. The summed E-state index contributed by atoms with van der Waals surface area (Å²) < 4.78 is 5.16. The smallest absolute Gasteiger partial charge is 0.269 e. The van der Waals surface area contributed by atoms with E-state index in [1.807, 2.05) is 12.1 Å². The zero-order chi connectivity index (χ0) is 16.4. The van der Waals surface area contributed by atoms with Gasteiger partial charge in [0.15, 0.2) is 11.5 Å². The number of aromatic hydroxyl groups is 1. The largest absolute Gasteiger partial charge is 0.504 e. The van der Waals surface area contributed by atoms with Crippen molar-refractivity contribution in [1.82, 2.24) is 4.90 Å². The minimum atomic E-state index is -0.372. The molecule has 0 fully saturated rings.